The Morgan fingerprint density at radius 2 is 1.86 bits per heavy atom. The van der Waals surface area contributed by atoms with E-state index >= 15 is 0 Å². The van der Waals surface area contributed by atoms with Crippen LogP contribution >= 0.6 is 15.9 Å². The zero-order valence-corrected chi connectivity index (χ0v) is 18.8. The second-order valence-electron chi connectivity index (χ2n) is 7.35. The van der Waals surface area contributed by atoms with E-state index in [2.05, 4.69) is 26.0 Å². The van der Waals surface area contributed by atoms with Gasteiger partial charge < -0.3 is 10.1 Å². The molecule has 1 saturated carbocycles. The molecule has 0 radical (unpaired) electrons. The molecule has 0 saturated heterocycles. The minimum Gasteiger partial charge on any atom is -0.491 e. The number of carbonyl (C=O) groups excluding carboxylic acids is 1. The smallest absolute Gasteiger partial charge is 0.252 e. The molecule has 0 spiro atoms. The first-order valence-electron chi connectivity index (χ1n) is 9.60. The van der Waals surface area contributed by atoms with Gasteiger partial charge in [0.05, 0.1) is 16.6 Å². The van der Waals surface area contributed by atoms with Crippen molar-refractivity contribution >= 4 is 31.9 Å². The molecule has 2 aromatic carbocycles. The Bertz CT molecular complexity index is 971. The van der Waals surface area contributed by atoms with Crippen LogP contribution in [-0.4, -0.2) is 33.0 Å². The average molecular weight is 481 g/mol. The highest BCUT2D eigenvalue weighted by molar-refractivity contribution is 9.10. The van der Waals surface area contributed by atoms with E-state index in [0.29, 0.717) is 23.0 Å². The average Bonchev–Trinajstić information content (AvgIpc) is 3.46. The van der Waals surface area contributed by atoms with Gasteiger partial charge in [-0.25, -0.2) is 13.1 Å². The molecular weight excluding hydrogens is 456 g/mol. The van der Waals surface area contributed by atoms with Crippen molar-refractivity contribution in [3.05, 3.63) is 58.1 Å². The molecule has 29 heavy (non-hydrogen) atoms. The van der Waals surface area contributed by atoms with Gasteiger partial charge in [0, 0.05) is 17.1 Å². The van der Waals surface area contributed by atoms with Crippen LogP contribution in [0.3, 0.4) is 0 Å². The van der Waals surface area contributed by atoms with E-state index in [-0.39, 0.29) is 22.9 Å². The maximum atomic E-state index is 12.6. The lowest BCUT2D eigenvalue weighted by Gasteiger charge is -2.11. The zero-order valence-electron chi connectivity index (χ0n) is 16.4. The summed E-state index contributed by atoms with van der Waals surface area (Å²) in [6, 6.07) is 12.3. The molecule has 2 N–H and O–H groups in total. The first-order chi connectivity index (χ1) is 13.7. The molecule has 6 nitrogen and oxygen atoms in total. The van der Waals surface area contributed by atoms with Crippen molar-refractivity contribution in [1.82, 2.24) is 10.0 Å². The minimum atomic E-state index is -3.61. The van der Waals surface area contributed by atoms with E-state index in [1.54, 1.807) is 6.07 Å². The highest BCUT2D eigenvalue weighted by Crippen LogP contribution is 2.25. The number of hydrogen-bond donors (Lipinski definition) is 2. The predicted molar refractivity (Wildman–Crippen MR) is 116 cm³/mol. The fraction of sp³-hybridized carbons (Fsp3) is 0.381. The maximum absolute atomic E-state index is 12.6. The van der Waals surface area contributed by atoms with Gasteiger partial charge in [0.25, 0.3) is 5.91 Å². The number of nitrogens with one attached hydrogen (secondary N) is 2. The van der Waals surface area contributed by atoms with Crippen LogP contribution in [0.5, 0.6) is 5.75 Å². The third kappa shape index (κ3) is 6.29. The summed E-state index contributed by atoms with van der Waals surface area (Å²) in [5.74, 6) is 0.495. The number of benzene rings is 2. The predicted octanol–water partition coefficient (Wildman–Crippen LogP) is 3.65. The summed E-state index contributed by atoms with van der Waals surface area (Å²) >= 11 is 3.34. The van der Waals surface area contributed by atoms with Gasteiger partial charge >= 0.3 is 0 Å². The second-order valence-corrected chi connectivity index (χ2v) is 9.92. The lowest BCUT2D eigenvalue weighted by atomic mass is 10.1. The molecule has 0 heterocycles. The molecule has 1 aliphatic carbocycles. The Hall–Kier alpha value is -1.90. The van der Waals surface area contributed by atoms with Crippen LogP contribution < -0.4 is 14.8 Å². The third-order valence-corrected chi connectivity index (χ3v) is 6.60. The standard InChI is InChI=1S/C21H25BrN2O4S/c1-14(2)28-17-7-3-15(4-8-17)11-12-23-21(25)19-13-18(9-10-20(19)22)29(26,27)24-16-5-6-16/h3-4,7-10,13-14,16,24H,5-6,11-12H2,1-2H3,(H,23,25). The fourth-order valence-electron chi connectivity index (χ4n) is 2.76. The number of halogens is 1. The van der Waals surface area contributed by atoms with Gasteiger partial charge in [0.1, 0.15) is 5.75 Å². The SMILES string of the molecule is CC(C)Oc1ccc(CCNC(=O)c2cc(S(=O)(=O)NC3CC3)ccc2Br)cc1. The number of carbonyl (C=O) groups is 1. The van der Waals surface area contributed by atoms with E-state index < -0.39 is 10.0 Å². The molecule has 8 heteroatoms. The molecule has 156 valence electrons. The first kappa shape index (κ1) is 21.8. The Kier molecular flexibility index (Phi) is 6.97. The highest BCUT2D eigenvalue weighted by atomic mass is 79.9. The van der Waals surface area contributed by atoms with Gasteiger partial charge in [-0.2, -0.15) is 0 Å². The van der Waals surface area contributed by atoms with E-state index in [1.165, 1.54) is 12.1 Å². The largest absolute Gasteiger partial charge is 0.491 e. The van der Waals surface area contributed by atoms with Crippen molar-refractivity contribution in [3.63, 3.8) is 0 Å². The van der Waals surface area contributed by atoms with Crippen LogP contribution in [0.1, 0.15) is 42.6 Å². The summed E-state index contributed by atoms with van der Waals surface area (Å²) < 4.78 is 33.6. The second kappa shape index (κ2) is 9.28. The van der Waals surface area contributed by atoms with Crippen molar-refractivity contribution in [1.29, 1.82) is 0 Å². The van der Waals surface area contributed by atoms with Gasteiger partial charge in [0.15, 0.2) is 0 Å². The topological polar surface area (TPSA) is 84.5 Å². The molecule has 0 aliphatic heterocycles. The molecule has 0 unspecified atom stereocenters. The number of ether oxygens (including phenoxy) is 1. The van der Waals surface area contributed by atoms with Crippen molar-refractivity contribution in [2.45, 2.75) is 50.2 Å². The Balaban J connectivity index is 1.59. The van der Waals surface area contributed by atoms with E-state index in [9.17, 15) is 13.2 Å². The van der Waals surface area contributed by atoms with Gasteiger partial charge in [-0.15, -0.1) is 0 Å². The van der Waals surface area contributed by atoms with Crippen LogP contribution in [-0.2, 0) is 16.4 Å². The molecular formula is C21H25BrN2O4S. The summed E-state index contributed by atoms with van der Waals surface area (Å²) in [5, 5.41) is 2.85. The fourth-order valence-corrected chi connectivity index (χ4v) is 4.51. The molecule has 0 aromatic heterocycles. The highest BCUT2D eigenvalue weighted by Gasteiger charge is 2.28. The van der Waals surface area contributed by atoms with Crippen molar-refractivity contribution in [3.8, 4) is 5.75 Å². The number of amides is 1. The summed E-state index contributed by atoms with van der Waals surface area (Å²) in [6.07, 6.45) is 2.49. The van der Waals surface area contributed by atoms with Crippen molar-refractivity contribution < 1.29 is 17.9 Å². The van der Waals surface area contributed by atoms with Crippen LogP contribution in [0.4, 0.5) is 0 Å². The molecule has 0 bridgehead atoms. The van der Waals surface area contributed by atoms with E-state index in [1.807, 2.05) is 38.1 Å². The van der Waals surface area contributed by atoms with Gasteiger partial charge in [-0.3, -0.25) is 4.79 Å². The molecule has 1 aliphatic rings. The summed E-state index contributed by atoms with van der Waals surface area (Å²) in [5.41, 5.74) is 1.37. The number of sulfonamides is 1. The van der Waals surface area contributed by atoms with E-state index in [0.717, 1.165) is 24.2 Å². The molecule has 1 amide bonds. The quantitative estimate of drug-likeness (QED) is 0.573. The van der Waals surface area contributed by atoms with E-state index in [4.69, 9.17) is 4.74 Å². The number of hydrogen-bond acceptors (Lipinski definition) is 4. The van der Waals surface area contributed by atoms with Crippen LogP contribution in [0.2, 0.25) is 0 Å². The third-order valence-electron chi connectivity index (χ3n) is 4.39. The zero-order chi connectivity index (χ0) is 21.0. The Morgan fingerprint density at radius 3 is 2.48 bits per heavy atom. The number of rotatable bonds is 9. The first-order valence-corrected chi connectivity index (χ1v) is 11.9. The van der Waals surface area contributed by atoms with Gasteiger partial charge in [-0.05, 0) is 84.9 Å². The van der Waals surface area contributed by atoms with Gasteiger partial charge in [-0.1, -0.05) is 12.1 Å². The molecule has 2 aromatic rings. The molecule has 0 atom stereocenters. The Labute approximate surface area is 180 Å². The maximum Gasteiger partial charge on any atom is 0.252 e. The summed E-state index contributed by atoms with van der Waals surface area (Å²) in [7, 11) is -3.61. The Morgan fingerprint density at radius 1 is 1.17 bits per heavy atom. The summed E-state index contributed by atoms with van der Waals surface area (Å²) in [4.78, 5) is 12.7. The monoisotopic (exact) mass is 480 g/mol. The van der Waals surface area contributed by atoms with Crippen LogP contribution in [0.25, 0.3) is 0 Å². The van der Waals surface area contributed by atoms with Crippen molar-refractivity contribution in [2.75, 3.05) is 6.54 Å². The molecule has 1 fully saturated rings. The van der Waals surface area contributed by atoms with Gasteiger partial charge in [0.2, 0.25) is 10.0 Å². The van der Waals surface area contributed by atoms with Crippen LogP contribution in [0, 0.1) is 0 Å². The minimum absolute atomic E-state index is 0.0123. The van der Waals surface area contributed by atoms with Crippen molar-refractivity contribution in [2.24, 2.45) is 0 Å². The normalized spacial score (nSPS) is 14.1. The lowest BCUT2D eigenvalue weighted by molar-refractivity contribution is 0.0953. The lowest BCUT2D eigenvalue weighted by Crippen LogP contribution is -2.28. The van der Waals surface area contributed by atoms with Crippen LogP contribution in [0.15, 0.2) is 51.8 Å². The summed E-state index contributed by atoms with van der Waals surface area (Å²) in [6.45, 7) is 4.39. The molecule has 3 rings (SSSR count).